The van der Waals surface area contributed by atoms with Gasteiger partial charge in [-0.1, -0.05) is 5.92 Å². The minimum atomic E-state index is -0.770. The first-order valence-corrected chi connectivity index (χ1v) is 8.68. The van der Waals surface area contributed by atoms with Crippen LogP contribution in [-0.4, -0.2) is 10.2 Å². The number of nitrogens with zero attached hydrogens (tertiary/aromatic N) is 3. The van der Waals surface area contributed by atoms with Gasteiger partial charge in [-0.2, -0.15) is 15.5 Å². The molecule has 0 aliphatic heterocycles. The molecule has 0 radical (unpaired) electrons. The van der Waals surface area contributed by atoms with Gasteiger partial charge in [0.05, 0.1) is 17.0 Å². The number of hydrogen-bond acceptors (Lipinski definition) is 6. The van der Waals surface area contributed by atoms with Crippen LogP contribution in [0.5, 0.6) is 0 Å². The first-order valence-electron chi connectivity index (χ1n) is 4.44. The van der Waals surface area contributed by atoms with E-state index >= 15 is 0 Å². The van der Waals surface area contributed by atoms with Crippen LogP contribution in [0.4, 0.5) is 0 Å². The summed E-state index contributed by atoms with van der Waals surface area (Å²) < 4.78 is 0.948. The molecule has 2 aromatic heterocycles. The smallest absolute Gasteiger partial charge is 0.138 e. The third kappa shape index (κ3) is 2.53. The number of aromatic nitrogens is 2. The Balaban J connectivity index is 2.68. The fourth-order valence-corrected chi connectivity index (χ4v) is 2.71. The fraction of sp³-hybridized carbons (Fsp3) is 0.100. The van der Waals surface area contributed by atoms with E-state index in [9.17, 15) is 0 Å². The maximum Gasteiger partial charge on any atom is 0.138 e. The van der Waals surface area contributed by atoms with Crippen molar-refractivity contribution in [2.75, 3.05) is 0 Å². The van der Waals surface area contributed by atoms with Crippen LogP contribution in [-0.2, 0) is 0 Å². The van der Waals surface area contributed by atoms with Gasteiger partial charge >= 0.3 is 0 Å². The van der Waals surface area contributed by atoms with Crippen molar-refractivity contribution in [3.63, 3.8) is 0 Å². The Morgan fingerprint density at radius 3 is 3.12 bits per heavy atom. The van der Waals surface area contributed by atoms with E-state index in [1.165, 1.54) is 20.3 Å². The van der Waals surface area contributed by atoms with Gasteiger partial charge in [0.2, 0.25) is 0 Å². The molecule has 0 aliphatic rings. The van der Waals surface area contributed by atoms with Crippen molar-refractivity contribution in [1.29, 1.82) is 5.26 Å². The van der Waals surface area contributed by atoms with E-state index in [0.717, 1.165) is 15.6 Å². The molecule has 0 aromatic carbocycles. The summed E-state index contributed by atoms with van der Waals surface area (Å²) in [7, 11) is 1.41. The molecule has 2 rings (SSSR count). The van der Waals surface area contributed by atoms with Crippen molar-refractivity contribution >= 4 is 51.6 Å². The highest BCUT2D eigenvalue weighted by Gasteiger charge is 2.15. The van der Waals surface area contributed by atoms with Crippen LogP contribution in [0, 0.1) is 22.5 Å². The molecule has 84 valence electrons. The molecule has 2 aromatic rings. The van der Waals surface area contributed by atoms with Crippen molar-refractivity contribution in [2.45, 2.75) is 6.04 Å². The van der Waals surface area contributed by atoms with E-state index in [-0.39, 0.29) is 0 Å². The number of hydrogen-bond donors (Lipinski definition) is 1. The Morgan fingerprint density at radius 2 is 2.41 bits per heavy atom. The number of nitrogens with two attached hydrogens (primary N) is 1. The topological polar surface area (TPSA) is 75.6 Å². The highest BCUT2D eigenvalue weighted by molar-refractivity contribution is 14.2. The molecule has 0 spiro atoms. The summed E-state index contributed by atoms with van der Waals surface area (Å²) in [6.45, 7) is 0. The number of thiophene rings is 1. The molecule has 0 amide bonds. The molecule has 2 heterocycles. The van der Waals surface area contributed by atoms with Gasteiger partial charge in [0.25, 0.3) is 0 Å². The van der Waals surface area contributed by atoms with Gasteiger partial charge in [-0.15, -0.1) is 11.3 Å². The fourth-order valence-electron chi connectivity index (χ4n) is 1.37. The molecule has 0 fully saturated rings. The van der Waals surface area contributed by atoms with Crippen LogP contribution in [0.1, 0.15) is 17.3 Å². The Hall–Kier alpha value is -0.870. The zero-order valence-corrected chi connectivity index (χ0v) is 12.1. The molecule has 17 heavy (non-hydrogen) atoms. The average molecular weight is 372 g/mol. The lowest BCUT2D eigenvalue weighted by Gasteiger charge is -2.02. The van der Waals surface area contributed by atoms with E-state index in [2.05, 4.69) is 42.6 Å². The van der Waals surface area contributed by atoms with E-state index in [1.54, 1.807) is 6.20 Å². The Kier molecular flexibility index (Phi) is 4.18. The van der Waals surface area contributed by atoms with Crippen LogP contribution < -0.4 is 5.73 Å². The second kappa shape index (κ2) is 5.65. The maximum absolute atomic E-state index is 8.87. The zero-order valence-electron chi connectivity index (χ0n) is 8.35. The summed E-state index contributed by atoms with van der Waals surface area (Å²) >= 11 is 3.63. The van der Waals surface area contributed by atoms with Crippen molar-refractivity contribution in [1.82, 2.24) is 10.2 Å². The predicted octanol–water partition coefficient (Wildman–Crippen LogP) is 2.61. The summed E-state index contributed by atoms with van der Waals surface area (Å²) in [5.41, 5.74) is 7.05. The van der Waals surface area contributed by atoms with Gasteiger partial charge < -0.3 is 5.73 Å². The van der Waals surface area contributed by atoms with Crippen molar-refractivity contribution in [3.8, 4) is 17.2 Å². The van der Waals surface area contributed by atoms with Crippen molar-refractivity contribution in [3.05, 3.63) is 22.8 Å². The Bertz CT molecular complexity index is 650. The molecule has 1 atom stereocenters. The normalized spacial score (nSPS) is 11.6. The second-order valence-corrected chi connectivity index (χ2v) is 5.62. The average Bonchev–Trinajstić information content (AvgIpc) is 2.78. The SMILES string of the molecule is N#CC(N)c1nncc2scc(C#CSI)c12. The van der Waals surface area contributed by atoms with Crippen molar-refractivity contribution < 1.29 is 0 Å². The van der Waals surface area contributed by atoms with E-state index in [1.807, 2.05) is 11.4 Å². The summed E-state index contributed by atoms with van der Waals surface area (Å²) in [6.07, 6.45) is 1.66. The molecule has 1 unspecified atom stereocenters. The van der Waals surface area contributed by atoms with Crippen LogP contribution >= 0.6 is 41.5 Å². The van der Waals surface area contributed by atoms with E-state index < -0.39 is 6.04 Å². The molecule has 2 N–H and O–H groups in total. The third-order valence-electron chi connectivity index (χ3n) is 2.07. The summed E-state index contributed by atoms with van der Waals surface area (Å²) in [6, 6.07) is 1.20. The maximum atomic E-state index is 8.87. The van der Waals surface area contributed by atoms with Gasteiger partial charge in [-0.3, -0.25) is 0 Å². The Labute approximate surface area is 118 Å². The molecule has 0 bridgehead atoms. The van der Waals surface area contributed by atoms with Crippen LogP contribution in [0.3, 0.4) is 0 Å². The minimum absolute atomic E-state index is 0.494. The lowest BCUT2D eigenvalue weighted by Crippen LogP contribution is -2.10. The molecule has 0 aliphatic carbocycles. The van der Waals surface area contributed by atoms with Crippen molar-refractivity contribution in [2.24, 2.45) is 5.73 Å². The quantitative estimate of drug-likeness (QED) is 0.615. The first-order chi connectivity index (χ1) is 8.27. The lowest BCUT2D eigenvalue weighted by molar-refractivity contribution is 0.842. The second-order valence-electron chi connectivity index (χ2n) is 3.03. The van der Waals surface area contributed by atoms with E-state index in [4.69, 9.17) is 11.0 Å². The minimum Gasteiger partial charge on any atom is -0.311 e. The first kappa shape index (κ1) is 12.6. The number of fused-ring (bicyclic) bond motifs is 1. The zero-order chi connectivity index (χ0) is 12.3. The molecule has 0 saturated heterocycles. The summed E-state index contributed by atoms with van der Waals surface area (Å²) in [5.74, 6) is 3.02. The molecule has 4 nitrogen and oxygen atoms in total. The molecule has 7 heteroatoms. The highest BCUT2D eigenvalue weighted by Crippen LogP contribution is 2.29. The van der Waals surface area contributed by atoms with Gasteiger partial charge in [-0.25, -0.2) is 0 Å². The number of nitriles is 1. The van der Waals surface area contributed by atoms with Gasteiger partial charge in [0, 0.05) is 37.5 Å². The van der Waals surface area contributed by atoms with Gasteiger partial charge in [0.1, 0.15) is 11.7 Å². The molecular formula is C10H5IN4S2. The highest BCUT2D eigenvalue weighted by atomic mass is 127. The molecular weight excluding hydrogens is 367 g/mol. The van der Waals surface area contributed by atoms with Crippen LogP contribution in [0.25, 0.3) is 10.1 Å². The standard InChI is InChI=1S/C10H5IN4S2/c11-17-2-1-6-5-16-8-4-14-15-10(9(6)8)7(13)3-12/h4-5,7H,13H2. The van der Waals surface area contributed by atoms with Gasteiger partial charge in [-0.05, 0) is 14.2 Å². The summed E-state index contributed by atoms with van der Waals surface area (Å²) in [4.78, 5) is 0. The number of rotatable bonds is 1. The van der Waals surface area contributed by atoms with Crippen LogP contribution in [0.2, 0.25) is 0 Å². The summed E-state index contributed by atoms with van der Waals surface area (Å²) in [5, 5.41) is 22.4. The third-order valence-corrected chi connectivity index (χ3v) is 3.83. The number of halogens is 1. The predicted molar refractivity (Wildman–Crippen MR) is 78.4 cm³/mol. The largest absolute Gasteiger partial charge is 0.311 e. The van der Waals surface area contributed by atoms with Crippen LogP contribution in [0.15, 0.2) is 11.6 Å². The van der Waals surface area contributed by atoms with E-state index in [0.29, 0.717) is 5.69 Å². The van der Waals surface area contributed by atoms with Gasteiger partial charge in [0.15, 0.2) is 0 Å². The monoisotopic (exact) mass is 372 g/mol. The lowest BCUT2D eigenvalue weighted by atomic mass is 10.1. The molecule has 0 saturated carbocycles. The Morgan fingerprint density at radius 1 is 1.59 bits per heavy atom.